The summed E-state index contributed by atoms with van der Waals surface area (Å²) in [4.78, 5) is 0. The Morgan fingerprint density at radius 3 is 0.909 bits per heavy atom. The first-order valence-corrected chi connectivity index (χ1v) is 24.8. The van der Waals surface area contributed by atoms with Crippen molar-refractivity contribution in [3.63, 3.8) is 0 Å². The van der Waals surface area contributed by atoms with Gasteiger partial charge in [-0.15, -0.1) is 79.4 Å². The molecule has 0 unspecified atom stereocenters. The Morgan fingerprint density at radius 1 is 0.394 bits per heavy atom. The van der Waals surface area contributed by atoms with E-state index in [0.29, 0.717) is 0 Å². The van der Waals surface area contributed by atoms with Crippen LogP contribution in [0.1, 0.15) is 0 Å². The first-order chi connectivity index (χ1) is 15.4. The monoisotopic (exact) mass is 720 g/mol. The Labute approximate surface area is 238 Å². The highest BCUT2D eigenvalue weighted by molar-refractivity contribution is 9.11. The Morgan fingerprint density at radius 2 is 0.636 bits per heavy atom. The van der Waals surface area contributed by atoms with Crippen LogP contribution in [-0.2, 0) is 0 Å². The summed E-state index contributed by atoms with van der Waals surface area (Å²) in [5.41, 5.74) is 0. The van der Waals surface area contributed by atoms with Crippen LogP contribution in [0.3, 0.4) is 0 Å². The molecule has 0 radical (unpaired) electrons. The molecule has 11 heteroatoms. The molecule has 0 bridgehead atoms. The third-order valence-corrected chi connectivity index (χ3v) is 24.8. The van der Waals surface area contributed by atoms with E-state index >= 15 is 0 Å². The number of thiophene rings is 7. The molecule has 0 nitrogen and oxygen atoms in total. The van der Waals surface area contributed by atoms with Crippen molar-refractivity contribution in [1.82, 2.24) is 0 Å². The Kier molecular flexibility index (Phi) is 5.05. The molecule has 0 atom stereocenters. The van der Waals surface area contributed by atoms with E-state index in [0.717, 1.165) is 0 Å². The average molecular weight is 723 g/mol. The zero-order chi connectivity index (χ0) is 23.2. The van der Waals surface area contributed by atoms with Gasteiger partial charge in [-0.25, -0.2) is 0 Å². The second-order valence-electron chi connectivity index (χ2n) is 10.5. The minimum atomic E-state index is -1.39. The molecule has 7 aromatic rings. The molecular formula is C22H18Br2S7Si2. The molecule has 0 amide bonds. The van der Waals surface area contributed by atoms with Crippen molar-refractivity contribution in [2.24, 2.45) is 0 Å². The Balaban J connectivity index is 1.68. The van der Waals surface area contributed by atoms with Gasteiger partial charge in [0.1, 0.15) is 0 Å². The second-order valence-corrected chi connectivity index (χ2v) is 31.5. The predicted octanol–water partition coefficient (Wildman–Crippen LogP) is 11.7. The van der Waals surface area contributed by atoms with E-state index in [1.807, 2.05) is 79.4 Å². The van der Waals surface area contributed by atoms with Crippen LogP contribution in [0.2, 0.25) is 39.3 Å². The summed E-state index contributed by atoms with van der Waals surface area (Å²) in [6, 6.07) is 0. The van der Waals surface area contributed by atoms with Gasteiger partial charge < -0.3 is 0 Å². The van der Waals surface area contributed by atoms with E-state index in [2.05, 4.69) is 71.1 Å². The minimum Gasteiger partial charge on any atom is -0.133 e. The van der Waals surface area contributed by atoms with Crippen LogP contribution in [0.4, 0.5) is 0 Å². The summed E-state index contributed by atoms with van der Waals surface area (Å²) in [5.74, 6) is 0. The minimum absolute atomic E-state index is 1.38. The quantitative estimate of drug-likeness (QED) is 0.156. The third-order valence-electron chi connectivity index (χ3n) is 5.99. The zero-order valence-electron chi connectivity index (χ0n) is 18.6. The summed E-state index contributed by atoms with van der Waals surface area (Å²) in [5, 5.41) is 9.07. The SMILES string of the molecule is C[Si](C)(C)c1sc2sc3sc4sc5sc6sc7sc([Si](C)(C)C)c(Br)c7c6c5c4c3c2c1Br. The average Bonchev–Trinajstić information content (AvgIpc) is 3.46. The van der Waals surface area contributed by atoms with Gasteiger partial charge in [-0.05, 0) is 31.9 Å². The van der Waals surface area contributed by atoms with E-state index in [-0.39, 0.29) is 0 Å². The summed E-state index contributed by atoms with van der Waals surface area (Å²) in [6.07, 6.45) is 0. The first kappa shape index (κ1) is 23.0. The van der Waals surface area contributed by atoms with Gasteiger partial charge in [0.05, 0.1) is 40.2 Å². The van der Waals surface area contributed by atoms with E-state index in [4.69, 9.17) is 0 Å². The van der Waals surface area contributed by atoms with Gasteiger partial charge in [0, 0.05) is 50.3 Å². The van der Waals surface area contributed by atoms with Crippen molar-refractivity contribution >= 4 is 193 Å². The summed E-state index contributed by atoms with van der Waals surface area (Å²) >= 11 is 22.3. The molecule has 0 aliphatic carbocycles. The summed E-state index contributed by atoms with van der Waals surface area (Å²) in [6.45, 7) is 14.8. The predicted molar refractivity (Wildman–Crippen MR) is 178 cm³/mol. The molecule has 0 saturated heterocycles. The molecule has 170 valence electrons. The van der Waals surface area contributed by atoms with Crippen LogP contribution in [0.15, 0.2) is 8.95 Å². The normalized spacial score (nSPS) is 14.1. The Hall–Kier alpha value is 0.854. The van der Waals surface area contributed by atoms with Gasteiger partial charge in [0.25, 0.3) is 0 Å². The highest BCUT2D eigenvalue weighted by Gasteiger charge is 2.31. The zero-order valence-corrected chi connectivity index (χ0v) is 29.5. The number of hydrogen-bond donors (Lipinski definition) is 0. The maximum Gasteiger partial charge on any atom is 0.0920 e. The first-order valence-electron chi connectivity index (χ1n) is 10.5. The highest BCUT2D eigenvalue weighted by Crippen LogP contribution is 2.58. The summed E-state index contributed by atoms with van der Waals surface area (Å²) in [7, 11) is -2.78. The fourth-order valence-corrected chi connectivity index (χ4v) is 25.1. The number of fused-ring (bicyclic) bond motifs is 11. The molecule has 0 aromatic carbocycles. The molecule has 33 heavy (non-hydrogen) atoms. The highest BCUT2D eigenvalue weighted by atomic mass is 79.9. The van der Waals surface area contributed by atoms with Gasteiger partial charge in [-0.1, -0.05) is 39.3 Å². The number of halogens is 2. The van der Waals surface area contributed by atoms with Crippen molar-refractivity contribution in [3.8, 4) is 0 Å². The molecule has 0 saturated carbocycles. The maximum absolute atomic E-state index is 4.08. The van der Waals surface area contributed by atoms with Gasteiger partial charge >= 0.3 is 0 Å². The van der Waals surface area contributed by atoms with Crippen LogP contribution in [-0.4, -0.2) is 16.1 Å². The fraction of sp³-hybridized carbons (Fsp3) is 0.273. The lowest BCUT2D eigenvalue weighted by atomic mass is 10.1. The fourth-order valence-electron chi connectivity index (χ4n) is 4.54. The van der Waals surface area contributed by atoms with E-state index < -0.39 is 16.1 Å². The largest absolute Gasteiger partial charge is 0.133 e. The topological polar surface area (TPSA) is 0 Å². The number of hydrogen-bond acceptors (Lipinski definition) is 7. The molecular weight excluding hydrogens is 705 g/mol. The smallest absolute Gasteiger partial charge is 0.0920 e. The summed E-state index contributed by atoms with van der Waals surface area (Å²) < 4.78 is 15.0. The van der Waals surface area contributed by atoms with Crippen LogP contribution in [0, 0.1) is 0 Å². The number of rotatable bonds is 2. The van der Waals surface area contributed by atoms with Crippen molar-refractivity contribution in [1.29, 1.82) is 0 Å². The Bertz CT molecular complexity index is 1780. The van der Waals surface area contributed by atoms with Crippen LogP contribution >= 0.6 is 111 Å². The molecule has 0 aliphatic heterocycles. The molecule has 7 heterocycles. The third kappa shape index (κ3) is 3.07. The lowest BCUT2D eigenvalue weighted by Crippen LogP contribution is -2.35. The van der Waals surface area contributed by atoms with Gasteiger partial charge in [0.2, 0.25) is 0 Å². The lowest BCUT2D eigenvalue weighted by molar-refractivity contribution is 1.78. The van der Waals surface area contributed by atoms with Gasteiger partial charge in [-0.3, -0.25) is 0 Å². The van der Waals surface area contributed by atoms with Crippen LogP contribution in [0.5, 0.6) is 0 Å². The van der Waals surface area contributed by atoms with Crippen molar-refractivity contribution in [2.45, 2.75) is 39.3 Å². The second kappa shape index (κ2) is 7.24. The molecule has 7 rings (SSSR count). The molecule has 0 N–H and O–H groups in total. The molecule has 7 aromatic heterocycles. The lowest BCUT2D eigenvalue weighted by Gasteiger charge is -2.14. The van der Waals surface area contributed by atoms with Crippen molar-refractivity contribution in [3.05, 3.63) is 8.95 Å². The molecule has 0 aliphatic rings. The standard InChI is InChI=1S/C22H18Br2S7Si2/c1-32(2,3)21-13(23)11-9-7-8-10-12-14(24)22(33(4,5)6)31-20(12)29-18(10)27-16(8)25-15(7)26-17(9)28-19(11)30-21/h1-6H3. The van der Waals surface area contributed by atoms with E-state index in [1.54, 1.807) is 9.00 Å². The molecule has 0 spiro atoms. The van der Waals surface area contributed by atoms with Crippen LogP contribution < -0.4 is 9.00 Å². The van der Waals surface area contributed by atoms with E-state index in [9.17, 15) is 0 Å². The van der Waals surface area contributed by atoms with Crippen molar-refractivity contribution < 1.29 is 0 Å². The van der Waals surface area contributed by atoms with Gasteiger partial charge in [0.15, 0.2) is 0 Å². The van der Waals surface area contributed by atoms with Crippen LogP contribution in [0.25, 0.3) is 56.4 Å². The van der Waals surface area contributed by atoms with Gasteiger partial charge in [-0.2, -0.15) is 0 Å². The molecule has 0 fully saturated rings. The van der Waals surface area contributed by atoms with E-state index in [1.165, 1.54) is 65.3 Å². The van der Waals surface area contributed by atoms with Crippen molar-refractivity contribution in [2.75, 3.05) is 0 Å². The maximum atomic E-state index is 4.08.